The molecule has 0 radical (unpaired) electrons. The van der Waals surface area contributed by atoms with Gasteiger partial charge in [0.25, 0.3) is 5.91 Å². The van der Waals surface area contributed by atoms with Crippen molar-refractivity contribution in [2.45, 2.75) is 38.3 Å². The lowest BCUT2D eigenvalue weighted by atomic mass is 10.1. The smallest absolute Gasteiger partial charge is 0.257 e. The van der Waals surface area contributed by atoms with E-state index in [4.69, 9.17) is 27.9 Å². The minimum absolute atomic E-state index is 0.193. The molecule has 1 rings (SSSR count). The number of hydrogen-bond acceptors (Lipinski definition) is 2. The number of aryl methyl sites for hydroxylation is 1. The Morgan fingerprint density at radius 3 is 2.56 bits per heavy atom. The van der Waals surface area contributed by atoms with E-state index in [0.29, 0.717) is 12.3 Å². The number of halogens is 2. The third-order valence-corrected chi connectivity index (χ3v) is 2.73. The average molecular weight is 290 g/mol. The van der Waals surface area contributed by atoms with Crippen LogP contribution in [0.5, 0.6) is 0 Å². The molecule has 0 aliphatic heterocycles. The summed E-state index contributed by atoms with van der Waals surface area (Å²) in [6, 6.07) is 5.69. The Morgan fingerprint density at radius 1 is 1.39 bits per heavy atom. The van der Waals surface area contributed by atoms with Gasteiger partial charge in [0.05, 0.1) is 12.7 Å². The molecule has 0 saturated carbocycles. The van der Waals surface area contributed by atoms with E-state index in [1.165, 1.54) is 0 Å². The van der Waals surface area contributed by atoms with Gasteiger partial charge in [-0.1, -0.05) is 35.3 Å². The van der Waals surface area contributed by atoms with Crippen LogP contribution >= 0.6 is 23.2 Å². The molecule has 1 aromatic carbocycles. The molecule has 100 valence electrons. The molecule has 3 nitrogen and oxygen atoms in total. The second-order valence-electron chi connectivity index (χ2n) is 4.30. The molecular formula is C13H17Cl2NO2. The quantitative estimate of drug-likeness (QED) is 0.840. The molecule has 0 unspecified atom stereocenters. The molecular weight excluding hydrogens is 273 g/mol. The molecule has 0 aliphatic carbocycles. The summed E-state index contributed by atoms with van der Waals surface area (Å²) in [6.07, 6.45) is 0.193. The average Bonchev–Trinajstić information content (AvgIpc) is 2.29. The normalized spacial score (nSPS) is 11.1. The summed E-state index contributed by atoms with van der Waals surface area (Å²) in [5.41, 5.74) is 2.72. The van der Waals surface area contributed by atoms with E-state index in [9.17, 15) is 4.79 Å². The van der Waals surface area contributed by atoms with Gasteiger partial charge in [-0.15, -0.1) is 0 Å². The Labute approximate surface area is 117 Å². The predicted molar refractivity (Wildman–Crippen MR) is 75.2 cm³/mol. The summed E-state index contributed by atoms with van der Waals surface area (Å²) in [6.45, 7) is 6.44. The van der Waals surface area contributed by atoms with Crippen LogP contribution in [0.15, 0.2) is 18.2 Å². The van der Waals surface area contributed by atoms with E-state index >= 15 is 0 Å². The van der Waals surface area contributed by atoms with Crippen LogP contribution in [0.1, 0.15) is 25.0 Å². The van der Waals surface area contributed by atoms with Crippen LogP contribution in [0, 0.1) is 6.92 Å². The fraction of sp³-hybridized carbons (Fsp3) is 0.462. The highest BCUT2D eigenvalue weighted by Crippen LogP contribution is 2.18. The van der Waals surface area contributed by atoms with Crippen molar-refractivity contribution in [1.82, 2.24) is 0 Å². The Morgan fingerprint density at radius 2 is 2.06 bits per heavy atom. The fourth-order valence-electron chi connectivity index (χ4n) is 1.41. The van der Waals surface area contributed by atoms with Gasteiger partial charge in [0, 0.05) is 5.69 Å². The number of carbonyl (C=O) groups excluding carboxylic acids is 1. The monoisotopic (exact) mass is 289 g/mol. The highest BCUT2D eigenvalue weighted by molar-refractivity contribution is 6.54. The van der Waals surface area contributed by atoms with Crippen molar-refractivity contribution >= 4 is 34.8 Å². The third-order valence-electron chi connectivity index (χ3n) is 2.33. The third kappa shape index (κ3) is 4.84. The van der Waals surface area contributed by atoms with E-state index in [1.54, 1.807) is 0 Å². The SMILES string of the molecule is Cc1cc(COC(C)C)ccc1NC(=O)C(Cl)Cl. The summed E-state index contributed by atoms with van der Waals surface area (Å²) in [5, 5.41) is 2.66. The number of carbonyl (C=O) groups is 1. The van der Waals surface area contributed by atoms with E-state index in [2.05, 4.69) is 5.32 Å². The first kappa shape index (κ1) is 15.3. The number of amides is 1. The summed E-state index contributed by atoms with van der Waals surface area (Å²) in [5.74, 6) is -0.424. The van der Waals surface area contributed by atoms with Crippen molar-refractivity contribution in [1.29, 1.82) is 0 Å². The number of alkyl halides is 2. The van der Waals surface area contributed by atoms with Gasteiger partial charge in [-0.2, -0.15) is 0 Å². The Balaban J connectivity index is 2.70. The molecule has 18 heavy (non-hydrogen) atoms. The summed E-state index contributed by atoms with van der Waals surface area (Å²) < 4.78 is 5.51. The van der Waals surface area contributed by atoms with E-state index < -0.39 is 10.7 Å². The summed E-state index contributed by atoms with van der Waals surface area (Å²) >= 11 is 11.0. The van der Waals surface area contributed by atoms with Crippen LogP contribution in [0.3, 0.4) is 0 Å². The van der Waals surface area contributed by atoms with Gasteiger partial charge >= 0.3 is 0 Å². The molecule has 1 N–H and O–H groups in total. The lowest BCUT2D eigenvalue weighted by Gasteiger charge is -2.12. The lowest BCUT2D eigenvalue weighted by molar-refractivity contribution is -0.114. The summed E-state index contributed by atoms with van der Waals surface area (Å²) in [7, 11) is 0. The molecule has 1 aromatic rings. The van der Waals surface area contributed by atoms with Crippen LogP contribution in [0.2, 0.25) is 0 Å². The standard InChI is InChI=1S/C13H17Cl2NO2/c1-8(2)18-7-10-4-5-11(9(3)6-10)16-13(17)12(14)15/h4-6,8,12H,7H2,1-3H3,(H,16,17). The first-order valence-electron chi connectivity index (χ1n) is 5.70. The van der Waals surface area contributed by atoms with Gasteiger partial charge < -0.3 is 10.1 Å². The van der Waals surface area contributed by atoms with Gasteiger partial charge in [-0.25, -0.2) is 0 Å². The number of rotatable bonds is 5. The number of benzene rings is 1. The molecule has 0 saturated heterocycles. The van der Waals surface area contributed by atoms with Gasteiger partial charge in [0.1, 0.15) is 0 Å². The zero-order valence-electron chi connectivity index (χ0n) is 10.7. The zero-order valence-corrected chi connectivity index (χ0v) is 12.2. The Bertz CT molecular complexity index is 419. The summed E-state index contributed by atoms with van der Waals surface area (Å²) in [4.78, 5) is 10.3. The van der Waals surface area contributed by atoms with Gasteiger partial charge in [-0.05, 0) is 38.0 Å². The molecule has 0 fully saturated rings. The second kappa shape index (κ2) is 6.98. The van der Waals surface area contributed by atoms with E-state index in [-0.39, 0.29) is 6.10 Å². The predicted octanol–water partition coefficient (Wildman–Crippen LogP) is 3.66. The molecule has 0 heterocycles. The van der Waals surface area contributed by atoms with Gasteiger partial charge in [-0.3, -0.25) is 4.79 Å². The molecule has 0 aromatic heterocycles. The molecule has 0 bridgehead atoms. The highest BCUT2D eigenvalue weighted by Gasteiger charge is 2.12. The van der Waals surface area contributed by atoms with Crippen molar-refractivity contribution in [3.8, 4) is 0 Å². The van der Waals surface area contributed by atoms with Crippen LogP contribution in [0.4, 0.5) is 5.69 Å². The maximum Gasteiger partial charge on any atom is 0.257 e. The van der Waals surface area contributed by atoms with Crippen LogP contribution in [-0.2, 0) is 16.1 Å². The maximum atomic E-state index is 11.4. The van der Waals surface area contributed by atoms with Crippen molar-refractivity contribution in [3.63, 3.8) is 0 Å². The van der Waals surface area contributed by atoms with Crippen LogP contribution in [0.25, 0.3) is 0 Å². The minimum Gasteiger partial charge on any atom is -0.374 e. The van der Waals surface area contributed by atoms with Crippen molar-refractivity contribution in [2.75, 3.05) is 5.32 Å². The van der Waals surface area contributed by atoms with E-state index in [1.807, 2.05) is 39.0 Å². The van der Waals surface area contributed by atoms with Crippen LogP contribution < -0.4 is 5.32 Å². The van der Waals surface area contributed by atoms with Gasteiger partial charge in [0.15, 0.2) is 4.84 Å². The zero-order chi connectivity index (χ0) is 13.7. The lowest BCUT2D eigenvalue weighted by Crippen LogP contribution is -2.19. The number of hydrogen-bond donors (Lipinski definition) is 1. The molecule has 5 heteroatoms. The molecule has 1 amide bonds. The first-order valence-corrected chi connectivity index (χ1v) is 6.57. The van der Waals surface area contributed by atoms with Crippen molar-refractivity contribution < 1.29 is 9.53 Å². The number of nitrogens with one attached hydrogen (secondary N) is 1. The molecule has 0 spiro atoms. The van der Waals surface area contributed by atoms with Crippen LogP contribution in [-0.4, -0.2) is 16.8 Å². The highest BCUT2D eigenvalue weighted by atomic mass is 35.5. The number of ether oxygens (including phenoxy) is 1. The Kier molecular flexibility index (Phi) is 5.93. The minimum atomic E-state index is -1.06. The van der Waals surface area contributed by atoms with Crippen molar-refractivity contribution in [2.24, 2.45) is 0 Å². The number of anilines is 1. The van der Waals surface area contributed by atoms with Gasteiger partial charge in [0.2, 0.25) is 0 Å². The topological polar surface area (TPSA) is 38.3 Å². The second-order valence-corrected chi connectivity index (χ2v) is 5.40. The largest absolute Gasteiger partial charge is 0.374 e. The van der Waals surface area contributed by atoms with Crippen molar-refractivity contribution in [3.05, 3.63) is 29.3 Å². The fourth-order valence-corrected chi connectivity index (χ4v) is 1.52. The van der Waals surface area contributed by atoms with E-state index in [0.717, 1.165) is 11.1 Å². The maximum absolute atomic E-state index is 11.4. The Hall–Kier alpha value is -0.770. The molecule has 0 aliphatic rings. The molecule has 0 atom stereocenters. The first-order chi connectivity index (χ1) is 8.40.